The zero-order chi connectivity index (χ0) is 33.4. The van der Waals surface area contributed by atoms with Crippen LogP contribution in [0, 0.1) is 11.8 Å². The van der Waals surface area contributed by atoms with Crippen LogP contribution in [-0.2, 0) is 14.4 Å². The summed E-state index contributed by atoms with van der Waals surface area (Å²) in [6.07, 6.45) is 10.9. The van der Waals surface area contributed by atoms with E-state index in [0.717, 1.165) is 68.7 Å². The number of nitrogens with zero attached hydrogens (tertiary/aromatic N) is 4. The highest BCUT2D eigenvalue weighted by atomic mass is 16.3. The van der Waals surface area contributed by atoms with E-state index in [1.165, 1.54) is 11.1 Å². The van der Waals surface area contributed by atoms with Crippen LogP contribution in [0.3, 0.4) is 0 Å². The average molecular weight is 614 g/mol. The number of amides is 2. The smallest absolute Gasteiger partial charge is 0.229 e. The van der Waals surface area contributed by atoms with Crippen molar-refractivity contribution in [2.24, 2.45) is 11.8 Å². The van der Waals surface area contributed by atoms with Gasteiger partial charge < -0.3 is 29.9 Å². The average Bonchev–Trinajstić information content (AvgIpc) is 3.04. The Kier molecular flexibility index (Phi) is 17.0. The molecule has 1 aliphatic heterocycles. The van der Waals surface area contributed by atoms with Crippen LogP contribution in [0.4, 0.5) is 11.5 Å². The maximum absolute atomic E-state index is 12.7. The summed E-state index contributed by atoms with van der Waals surface area (Å²) in [5.41, 5.74) is 3.91. The third-order valence-corrected chi connectivity index (χ3v) is 8.56. The number of likely N-dealkylation sites (N-methyl/N-ethyl adjacent to an activating group) is 1. The van der Waals surface area contributed by atoms with Crippen LogP contribution in [0.2, 0.25) is 0 Å². The Balaban J connectivity index is 0.000000687. The molecule has 1 saturated heterocycles. The molecule has 44 heavy (non-hydrogen) atoms. The molecule has 0 bridgehead atoms. The minimum atomic E-state index is -0.693. The number of hydrogen-bond donors (Lipinski definition) is 2. The number of rotatable bonds is 11. The third-order valence-electron chi connectivity index (χ3n) is 8.56. The Hall–Kier alpha value is -3.20. The number of hydrogen-bond acceptors (Lipinski definition) is 7. The van der Waals surface area contributed by atoms with E-state index in [0.29, 0.717) is 19.3 Å². The van der Waals surface area contributed by atoms with Gasteiger partial charge in [-0.3, -0.25) is 9.59 Å². The van der Waals surface area contributed by atoms with Gasteiger partial charge in [-0.2, -0.15) is 0 Å². The lowest BCUT2D eigenvalue weighted by Gasteiger charge is -2.40. The molecule has 3 rings (SSSR count). The molecule has 9 heteroatoms. The van der Waals surface area contributed by atoms with Crippen LogP contribution in [0.5, 0.6) is 0 Å². The van der Waals surface area contributed by atoms with E-state index in [9.17, 15) is 19.5 Å². The van der Waals surface area contributed by atoms with E-state index in [-0.39, 0.29) is 23.7 Å². The number of pyridine rings is 1. The molecule has 1 aliphatic carbocycles. The van der Waals surface area contributed by atoms with Gasteiger partial charge in [0.05, 0.1) is 17.5 Å². The first-order valence-corrected chi connectivity index (χ1v) is 16.3. The highest BCUT2D eigenvalue weighted by Crippen LogP contribution is 2.36. The standard InChI is InChI=1S/C26H40N4O2.C7H13NO2.C2H6/c1-7-19(2)25(31)29(6)23-16-21(9-8-20(23)3)17-26(32)12-14-30(15-13-26)24-11-10-22(18-27-24)28(4)5;1-6(4-3-5-9)7(10)8-2;1-2/h10-11,16,18-19,32H,7-9,12-15,17H2,1-6H3;5-6H,3-4H2,1-2H3,(H,8,10);1-2H3. The molecule has 9 nitrogen and oxygen atoms in total. The molecule has 0 aromatic carbocycles. The quantitative estimate of drug-likeness (QED) is 0.307. The van der Waals surface area contributed by atoms with E-state index in [1.54, 1.807) is 7.05 Å². The molecule has 1 fully saturated rings. The van der Waals surface area contributed by atoms with E-state index >= 15 is 0 Å². The van der Waals surface area contributed by atoms with Crippen LogP contribution in [-0.4, -0.2) is 80.0 Å². The third kappa shape index (κ3) is 11.7. The first-order valence-electron chi connectivity index (χ1n) is 16.3. The predicted molar refractivity (Wildman–Crippen MR) is 182 cm³/mol. The normalized spacial score (nSPS) is 17.1. The fourth-order valence-corrected chi connectivity index (χ4v) is 5.29. The molecule has 1 aromatic heterocycles. The van der Waals surface area contributed by atoms with Crippen LogP contribution in [0.15, 0.2) is 41.2 Å². The van der Waals surface area contributed by atoms with Crippen LogP contribution >= 0.6 is 0 Å². The molecule has 0 spiro atoms. The molecule has 2 aliphatic rings. The number of aldehydes is 1. The molecule has 2 atom stereocenters. The number of allylic oxidation sites excluding steroid dienone is 2. The van der Waals surface area contributed by atoms with Crippen LogP contribution in [0.1, 0.15) is 92.9 Å². The van der Waals surface area contributed by atoms with Crippen LogP contribution < -0.4 is 15.1 Å². The van der Waals surface area contributed by atoms with Gasteiger partial charge in [0.2, 0.25) is 11.8 Å². The maximum Gasteiger partial charge on any atom is 0.229 e. The summed E-state index contributed by atoms with van der Waals surface area (Å²) in [7, 11) is 7.50. The van der Waals surface area contributed by atoms with Gasteiger partial charge in [-0.15, -0.1) is 0 Å². The molecule has 0 radical (unpaired) electrons. The number of aliphatic hydroxyl groups is 1. The lowest BCUT2D eigenvalue weighted by molar-refractivity contribution is -0.131. The summed E-state index contributed by atoms with van der Waals surface area (Å²) in [5, 5.41) is 13.9. The molecule has 2 unspecified atom stereocenters. The summed E-state index contributed by atoms with van der Waals surface area (Å²) in [4.78, 5) is 44.1. The van der Waals surface area contributed by atoms with Crippen molar-refractivity contribution >= 4 is 29.6 Å². The number of carbonyl (C=O) groups excluding carboxylic acids is 3. The van der Waals surface area contributed by atoms with Crippen molar-refractivity contribution in [1.29, 1.82) is 0 Å². The van der Waals surface area contributed by atoms with E-state index < -0.39 is 5.60 Å². The first-order chi connectivity index (χ1) is 20.8. The van der Waals surface area contributed by atoms with Crippen molar-refractivity contribution in [2.45, 2.75) is 98.5 Å². The molecule has 2 N–H and O–H groups in total. The largest absolute Gasteiger partial charge is 0.389 e. The van der Waals surface area contributed by atoms with E-state index in [1.807, 2.05) is 71.8 Å². The minimum absolute atomic E-state index is 0.00171. The van der Waals surface area contributed by atoms with Crippen molar-refractivity contribution in [3.8, 4) is 0 Å². The summed E-state index contributed by atoms with van der Waals surface area (Å²) in [6, 6.07) is 4.15. The number of nitrogens with one attached hydrogen (secondary N) is 1. The first kappa shape index (κ1) is 38.8. The summed E-state index contributed by atoms with van der Waals surface area (Å²) in [6.45, 7) is 13.6. The van der Waals surface area contributed by atoms with Crippen molar-refractivity contribution < 1.29 is 19.5 Å². The highest BCUT2D eigenvalue weighted by Gasteiger charge is 2.34. The molecular weight excluding hydrogens is 554 g/mol. The second-order valence-electron chi connectivity index (χ2n) is 12.1. The lowest BCUT2D eigenvalue weighted by Crippen LogP contribution is -2.45. The Morgan fingerprint density at radius 3 is 2.25 bits per heavy atom. The Morgan fingerprint density at radius 1 is 1.11 bits per heavy atom. The molecule has 0 saturated carbocycles. The maximum atomic E-state index is 12.7. The van der Waals surface area contributed by atoms with Gasteiger partial charge in [-0.1, -0.05) is 40.2 Å². The van der Waals surface area contributed by atoms with Gasteiger partial charge in [0.15, 0.2) is 0 Å². The second-order valence-corrected chi connectivity index (χ2v) is 12.1. The van der Waals surface area contributed by atoms with E-state index in [4.69, 9.17) is 0 Å². The number of anilines is 2. The van der Waals surface area contributed by atoms with Crippen molar-refractivity contribution in [3.05, 3.63) is 41.2 Å². The van der Waals surface area contributed by atoms with Gasteiger partial charge >= 0.3 is 0 Å². The number of aromatic nitrogens is 1. The highest BCUT2D eigenvalue weighted by molar-refractivity contribution is 5.80. The number of carbonyl (C=O) groups is 3. The van der Waals surface area contributed by atoms with Gasteiger partial charge in [-0.05, 0) is 75.7 Å². The van der Waals surface area contributed by atoms with Gasteiger partial charge in [0.1, 0.15) is 12.1 Å². The van der Waals surface area contributed by atoms with Crippen molar-refractivity contribution in [3.63, 3.8) is 0 Å². The fraction of sp³-hybridized carbons (Fsp3) is 0.657. The van der Waals surface area contributed by atoms with Crippen molar-refractivity contribution in [1.82, 2.24) is 15.2 Å². The SMILES string of the molecule is CC.CCC(C)C(=O)N(C)C1=C(C)CCC(CC2(O)CCN(c3ccc(N(C)C)cn3)CC2)=C1.CNC(=O)C(C)CCC=O. The monoisotopic (exact) mass is 613 g/mol. The summed E-state index contributed by atoms with van der Waals surface area (Å²) in [5.74, 6) is 1.12. The van der Waals surface area contributed by atoms with Gasteiger partial charge in [0.25, 0.3) is 0 Å². The van der Waals surface area contributed by atoms with Gasteiger partial charge in [0, 0.05) is 65.2 Å². The summed E-state index contributed by atoms with van der Waals surface area (Å²) < 4.78 is 0. The molecular formula is C35H59N5O4. The fourth-order valence-electron chi connectivity index (χ4n) is 5.29. The lowest BCUT2D eigenvalue weighted by atomic mass is 9.81. The topological polar surface area (TPSA) is 106 Å². The van der Waals surface area contributed by atoms with Crippen LogP contribution in [0.25, 0.3) is 0 Å². The Bertz CT molecular complexity index is 1100. The Labute approximate surface area is 266 Å². The molecule has 2 amide bonds. The number of piperidine rings is 1. The van der Waals surface area contributed by atoms with Crippen molar-refractivity contribution in [2.75, 3.05) is 51.1 Å². The summed E-state index contributed by atoms with van der Waals surface area (Å²) >= 11 is 0. The predicted octanol–water partition coefficient (Wildman–Crippen LogP) is 5.74. The molecule has 2 heterocycles. The zero-order valence-corrected chi connectivity index (χ0v) is 29.1. The Morgan fingerprint density at radius 2 is 1.75 bits per heavy atom. The minimum Gasteiger partial charge on any atom is -0.389 e. The van der Waals surface area contributed by atoms with Gasteiger partial charge in [-0.25, -0.2) is 4.98 Å². The molecule has 1 aromatic rings. The second kappa shape index (κ2) is 19.2. The zero-order valence-electron chi connectivity index (χ0n) is 29.1. The molecule has 248 valence electrons. The van der Waals surface area contributed by atoms with E-state index in [2.05, 4.69) is 40.3 Å².